The molecule has 1 heterocycles. The average molecular weight is 392 g/mol. The molecule has 0 amide bonds. The van der Waals surface area contributed by atoms with Gasteiger partial charge in [-0.2, -0.15) is 0 Å². The first kappa shape index (κ1) is 17.3. The molecular weight excluding hydrogens is 367 g/mol. The standard InChI is InChI=1S/C14H24N4O.HI/c1-10-13(11(2)19-18-10)8-9-16-14(15)17-12-6-4-3-5-7-12;/h12H,3-9H2,1-2H3,(H3,15,16,17);1H. The van der Waals surface area contributed by atoms with Crippen LogP contribution in [0.2, 0.25) is 0 Å². The van der Waals surface area contributed by atoms with E-state index < -0.39 is 0 Å². The lowest BCUT2D eigenvalue weighted by atomic mass is 9.96. The maximum atomic E-state index is 5.92. The molecule has 0 aromatic carbocycles. The Morgan fingerprint density at radius 2 is 2.05 bits per heavy atom. The Hall–Kier alpha value is -0.790. The molecule has 1 aromatic rings. The number of guanidine groups is 1. The molecule has 5 nitrogen and oxygen atoms in total. The summed E-state index contributed by atoms with van der Waals surface area (Å²) < 4.78 is 5.13. The quantitative estimate of drug-likeness (QED) is 0.469. The van der Waals surface area contributed by atoms with Crippen LogP contribution in [0.1, 0.15) is 49.1 Å². The van der Waals surface area contributed by atoms with Crippen LogP contribution in [0.4, 0.5) is 0 Å². The fourth-order valence-electron chi connectivity index (χ4n) is 2.65. The zero-order valence-corrected chi connectivity index (χ0v) is 14.6. The third-order valence-electron chi connectivity index (χ3n) is 3.78. The van der Waals surface area contributed by atoms with Gasteiger partial charge < -0.3 is 15.6 Å². The summed E-state index contributed by atoms with van der Waals surface area (Å²) in [5, 5.41) is 7.25. The van der Waals surface area contributed by atoms with Gasteiger partial charge in [-0.05, 0) is 33.1 Å². The first-order valence-electron chi connectivity index (χ1n) is 7.15. The van der Waals surface area contributed by atoms with Crippen LogP contribution in [0, 0.1) is 13.8 Å². The van der Waals surface area contributed by atoms with Gasteiger partial charge in [0.05, 0.1) is 5.69 Å². The van der Waals surface area contributed by atoms with Crippen LogP contribution in [0.3, 0.4) is 0 Å². The van der Waals surface area contributed by atoms with Gasteiger partial charge in [0.2, 0.25) is 0 Å². The summed E-state index contributed by atoms with van der Waals surface area (Å²) in [6, 6.07) is 0.511. The summed E-state index contributed by atoms with van der Waals surface area (Å²) in [6.45, 7) is 4.57. The second-order valence-corrected chi connectivity index (χ2v) is 5.30. The molecule has 114 valence electrons. The van der Waals surface area contributed by atoms with Crippen LogP contribution in [0.5, 0.6) is 0 Å². The Balaban J connectivity index is 0.00000200. The number of nitrogens with zero attached hydrogens (tertiary/aromatic N) is 2. The van der Waals surface area contributed by atoms with E-state index in [1.54, 1.807) is 0 Å². The van der Waals surface area contributed by atoms with E-state index >= 15 is 0 Å². The highest BCUT2D eigenvalue weighted by Gasteiger charge is 2.13. The Morgan fingerprint density at radius 3 is 2.65 bits per heavy atom. The molecule has 0 saturated heterocycles. The summed E-state index contributed by atoms with van der Waals surface area (Å²) in [5.41, 5.74) is 8.02. The van der Waals surface area contributed by atoms with Gasteiger partial charge in [0.25, 0.3) is 0 Å². The molecule has 0 bridgehead atoms. The largest absolute Gasteiger partial charge is 0.370 e. The van der Waals surface area contributed by atoms with E-state index in [1.807, 2.05) is 13.8 Å². The lowest BCUT2D eigenvalue weighted by Crippen LogP contribution is -2.41. The number of nitrogens with one attached hydrogen (secondary N) is 1. The summed E-state index contributed by atoms with van der Waals surface area (Å²) in [6.07, 6.45) is 7.18. The van der Waals surface area contributed by atoms with E-state index in [2.05, 4.69) is 15.5 Å². The van der Waals surface area contributed by atoms with Crippen molar-refractivity contribution in [1.29, 1.82) is 0 Å². The SMILES string of the molecule is Cc1noc(C)c1CCN=C(N)NC1CCCCC1.I. The minimum Gasteiger partial charge on any atom is -0.370 e. The molecule has 1 aliphatic carbocycles. The number of hydrogen-bond acceptors (Lipinski definition) is 3. The number of halogens is 1. The van der Waals surface area contributed by atoms with Gasteiger partial charge in [0.1, 0.15) is 5.76 Å². The summed E-state index contributed by atoms with van der Waals surface area (Å²) in [7, 11) is 0. The molecule has 3 N–H and O–H groups in total. The van der Waals surface area contributed by atoms with Crippen molar-refractivity contribution in [1.82, 2.24) is 10.5 Å². The molecule has 20 heavy (non-hydrogen) atoms. The number of hydrogen-bond donors (Lipinski definition) is 2. The van der Waals surface area contributed by atoms with E-state index in [1.165, 1.54) is 32.1 Å². The van der Waals surface area contributed by atoms with Crippen molar-refractivity contribution in [2.75, 3.05) is 6.54 Å². The second-order valence-electron chi connectivity index (χ2n) is 5.30. The van der Waals surface area contributed by atoms with Gasteiger partial charge in [-0.1, -0.05) is 24.4 Å². The topological polar surface area (TPSA) is 76.4 Å². The lowest BCUT2D eigenvalue weighted by Gasteiger charge is -2.23. The van der Waals surface area contributed by atoms with Crippen LogP contribution < -0.4 is 11.1 Å². The fourth-order valence-corrected chi connectivity index (χ4v) is 2.65. The molecule has 0 atom stereocenters. The minimum atomic E-state index is 0. The zero-order valence-electron chi connectivity index (χ0n) is 12.3. The highest BCUT2D eigenvalue weighted by Crippen LogP contribution is 2.17. The lowest BCUT2D eigenvalue weighted by molar-refractivity contribution is 0.392. The van der Waals surface area contributed by atoms with Gasteiger partial charge in [0, 0.05) is 18.2 Å². The minimum absolute atomic E-state index is 0. The monoisotopic (exact) mass is 392 g/mol. The van der Waals surface area contributed by atoms with Gasteiger partial charge in [-0.25, -0.2) is 0 Å². The van der Waals surface area contributed by atoms with Crippen LogP contribution in [-0.2, 0) is 6.42 Å². The smallest absolute Gasteiger partial charge is 0.188 e. The molecule has 2 rings (SSSR count). The van der Waals surface area contributed by atoms with Gasteiger partial charge in [-0.15, -0.1) is 24.0 Å². The third kappa shape index (κ3) is 4.96. The number of nitrogens with two attached hydrogens (primary N) is 1. The number of aromatic nitrogens is 1. The molecule has 1 aromatic heterocycles. The van der Waals surface area contributed by atoms with Crippen LogP contribution in [0.25, 0.3) is 0 Å². The molecule has 0 radical (unpaired) electrons. The van der Waals surface area contributed by atoms with Crippen molar-refractivity contribution in [2.24, 2.45) is 10.7 Å². The van der Waals surface area contributed by atoms with Crippen molar-refractivity contribution in [3.63, 3.8) is 0 Å². The molecule has 6 heteroatoms. The third-order valence-corrected chi connectivity index (χ3v) is 3.78. The van der Waals surface area contributed by atoms with Crippen LogP contribution in [0.15, 0.2) is 9.52 Å². The number of aryl methyl sites for hydroxylation is 2. The van der Waals surface area contributed by atoms with Gasteiger partial charge in [-0.3, -0.25) is 4.99 Å². The average Bonchev–Trinajstić information content (AvgIpc) is 2.71. The van der Waals surface area contributed by atoms with Crippen molar-refractivity contribution in [3.05, 3.63) is 17.0 Å². The van der Waals surface area contributed by atoms with E-state index in [0.29, 0.717) is 18.5 Å². The van der Waals surface area contributed by atoms with Gasteiger partial charge in [0.15, 0.2) is 5.96 Å². The Kier molecular flexibility index (Phi) is 7.32. The second kappa shape index (κ2) is 8.49. The normalized spacial score (nSPS) is 16.8. The highest BCUT2D eigenvalue weighted by atomic mass is 127. The van der Waals surface area contributed by atoms with Crippen molar-refractivity contribution in [2.45, 2.75) is 58.4 Å². The fraction of sp³-hybridized carbons (Fsp3) is 0.714. The summed E-state index contributed by atoms with van der Waals surface area (Å²) in [4.78, 5) is 4.39. The molecule has 0 spiro atoms. The maximum absolute atomic E-state index is 5.92. The predicted octanol–water partition coefficient (Wildman–Crippen LogP) is 2.69. The van der Waals surface area contributed by atoms with E-state index in [9.17, 15) is 0 Å². The zero-order chi connectivity index (χ0) is 13.7. The van der Waals surface area contributed by atoms with Crippen molar-refractivity contribution in [3.8, 4) is 0 Å². The first-order valence-corrected chi connectivity index (χ1v) is 7.15. The maximum Gasteiger partial charge on any atom is 0.188 e. The van der Waals surface area contributed by atoms with E-state index in [4.69, 9.17) is 10.3 Å². The van der Waals surface area contributed by atoms with Crippen molar-refractivity contribution >= 4 is 29.9 Å². The Labute approximate surface area is 137 Å². The molecule has 1 saturated carbocycles. The molecule has 0 unspecified atom stereocenters. The Bertz CT molecular complexity index is 419. The Morgan fingerprint density at radius 1 is 1.35 bits per heavy atom. The molecule has 0 aliphatic heterocycles. The number of aliphatic imine (C=N–C) groups is 1. The van der Waals surface area contributed by atoms with Crippen LogP contribution in [-0.4, -0.2) is 23.7 Å². The molecular formula is C14H25IN4O. The van der Waals surface area contributed by atoms with Gasteiger partial charge >= 0.3 is 0 Å². The van der Waals surface area contributed by atoms with Crippen LogP contribution >= 0.6 is 24.0 Å². The van der Waals surface area contributed by atoms with E-state index in [-0.39, 0.29) is 24.0 Å². The summed E-state index contributed by atoms with van der Waals surface area (Å²) >= 11 is 0. The number of rotatable bonds is 4. The molecule has 1 fully saturated rings. The molecule has 1 aliphatic rings. The predicted molar refractivity (Wildman–Crippen MR) is 91.6 cm³/mol. The van der Waals surface area contributed by atoms with E-state index in [0.717, 1.165) is 23.4 Å². The first-order chi connectivity index (χ1) is 9.16. The highest BCUT2D eigenvalue weighted by molar-refractivity contribution is 14.0. The summed E-state index contributed by atoms with van der Waals surface area (Å²) in [5.74, 6) is 1.45. The van der Waals surface area contributed by atoms with Crippen molar-refractivity contribution < 1.29 is 4.52 Å².